The van der Waals surface area contributed by atoms with E-state index in [0.717, 1.165) is 37.6 Å². The molecule has 0 aliphatic heterocycles. The summed E-state index contributed by atoms with van der Waals surface area (Å²) in [6.07, 6.45) is 3.14. The number of carbonyl (C=O) groups excluding carboxylic acids is 1. The summed E-state index contributed by atoms with van der Waals surface area (Å²) in [5.74, 6) is 0.374. The van der Waals surface area contributed by atoms with E-state index in [1.807, 2.05) is 19.1 Å². The Kier molecular flexibility index (Phi) is 8.98. The molecular formula is C22H28IN5O. The van der Waals surface area contributed by atoms with Crippen molar-refractivity contribution in [3.05, 3.63) is 71.9 Å². The van der Waals surface area contributed by atoms with Crippen molar-refractivity contribution in [2.45, 2.75) is 26.4 Å². The lowest BCUT2D eigenvalue weighted by Gasteiger charge is -2.12. The summed E-state index contributed by atoms with van der Waals surface area (Å²) in [7, 11) is 0. The van der Waals surface area contributed by atoms with Crippen molar-refractivity contribution in [3.63, 3.8) is 0 Å². The van der Waals surface area contributed by atoms with Crippen molar-refractivity contribution in [2.75, 3.05) is 13.1 Å². The molecule has 6 nitrogen and oxygen atoms in total. The van der Waals surface area contributed by atoms with Crippen molar-refractivity contribution in [1.29, 1.82) is 0 Å². The van der Waals surface area contributed by atoms with E-state index in [0.29, 0.717) is 12.1 Å². The number of primary amides is 1. The quantitative estimate of drug-likeness (QED) is 0.190. The Morgan fingerprint density at radius 1 is 1.07 bits per heavy atom. The van der Waals surface area contributed by atoms with Crippen LogP contribution in [0.5, 0.6) is 0 Å². The van der Waals surface area contributed by atoms with Crippen LogP contribution in [-0.2, 0) is 13.1 Å². The first-order valence-electron chi connectivity index (χ1n) is 9.62. The van der Waals surface area contributed by atoms with Gasteiger partial charge in [0.2, 0.25) is 5.91 Å². The maximum Gasteiger partial charge on any atom is 0.248 e. The van der Waals surface area contributed by atoms with Crippen LogP contribution in [0.25, 0.3) is 10.9 Å². The van der Waals surface area contributed by atoms with E-state index in [4.69, 9.17) is 5.73 Å². The van der Waals surface area contributed by atoms with E-state index in [9.17, 15) is 4.79 Å². The Labute approximate surface area is 188 Å². The second-order valence-electron chi connectivity index (χ2n) is 6.60. The Bertz CT molecular complexity index is 949. The molecule has 1 amide bonds. The zero-order chi connectivity index (χ0) is 19.8. The van der Waals surface area contributed by atoms with Gasteiger partial charge in [-0.25, -0.2) is 4.99 Å². The van der Waals surface area contributed by atoms with Gasteiger partial charge in [0.25, 0.3) is 0 Å². The SMILES string of the molecule is CCNC(=NCc1ccc(C(N)=O)cc1)NCCCn1ccc2ccccc21.I. The van der Waals surface area contributed by atoms with Crippen LogP contribution in [0.1, 0.15) is 29.3 Å². The van der Waals surface area contributed by atoms with Crippen molar-refractivity contribution >= 4 is 46.7 Å². The molecule has 0 saturated heterocycles. The Morgan fingerprint density at radius 3 is 2.55 bits per heavy atom. The highest BCUT2D eigenvalue weighted by molar-refractivity contribution is 14.0. The van der Waals surface area contributed by atoms with Crippen molar-refractivity contribution < 1.29 is 4.79 Å². The zero-order valence-corrected chi connectivity index (χ0v) is 18.9. The van der Waals surface area contributed by atoms with Gasteiger partial charge in [0.05, 0.1) is 6.54 Å². The van der Waals surface area contributed by atoms with Crippen molar-refractivity contribution in [1.82, 2.24) is 15.2 Å². The maximum absolute atomic E-state index is 11.1. The number of halogens is 1. The predicted molar refractivity (Wildman–Crippen MR) is 130 cm³/mol. The van der Waals surface area contributed by atoms with Crippen LogP contribution in [0, 0.1) is 0 Å². The van der Waals surface area contributed by atoms with Gasteiger partial charge in [-0.2, -0.15) is 0 Å². The molecule has 0 aliphatic carbocycles. The standard InChI is InChI=1S/C22H27N5O.HI/c1-2-24-22(26-16-17-8-10-19(11-9-17)21(23)28)25-13-5-14-27-15-12-18-6-3-4-7-20(18)27;/h3-4,6-12,15H,2,5,13-14,16H2,1H3,(H2,23,28)(H2,24,25,26);1H. The van der Waals surface area contributed by atoms with E-state index in [1.165, 1.54) is 10.9 Å². The molecule has 0 saturated carbocycles. The van der Waals surface area contributed by atoms with Crippen LogP contribution in [0.15, 0.2) is 65.8 Å². The lowest BCUT2D eigenvalue weighted by atomic mass is 10.1. The number of para-hydroxylation sites is 1. The molecule has 1 aromatic heterocycles. The highest BCUT2D eigenvalue weighted by atomic mass is 127. The number of aryl methyl sites for hydroxylation is 1. The number of fused-ring (bicyclic) bond motifs is 1. The largest absolute Gasteiger partial charge is 0.366 e. The first-order chi connectivity index (χ1) is 13.7. The number of rotatable bonds is 8. The lowest BCUT2D eigenvalue weighted by molar-refractivity contribution is 0.100. The highest BCUT2D eigenvalue weighted by Gasteiger charge is 2.02. The third kappa shape index (κ3) is 6.49. The second kappa shape index (κ2) is 11.5. The van der Waals surface area contributed by atoms with E-state index in [-0.39, 0.29) is 24.0 Å². The summed E-state index contributed by atoms with van der Waals surface area (Å²) < 4.78 is 2.28. The van der Waals surface area contributed by atoms with Gasteiger partial charge in [-0.3, -0.25) is 4.79 Å². The van der Waals surface area contributed by atoms with Gasteiger partial charge < -0.3 is 20.9 Å². The fourth-order valence-electron chi connectivity index (χ4n) is 3.08. The number of amides is 1. The molecule has 0 spiro atoms. The van der Waals surface area contributed by atoms with Gasteiger partial charge in [-0.1, -0.05) is 30.3 Å². The number of aromatic nitrogens is 1. The molecule has 7 heteroatoms. The molecule has 3 aromatic rings. The number of nitrogens with two attached hydrogens (primary N) is 1. The molecule has 1 heterocycles. The molecule has 0 radical (unpaired) electrons. The minimum atomic E-state index is -0.416. The van der Waals surface area contributed by atoms with Crippen LogP contribution in [0.2, 0.25) is 0 Å². The lowest BCUT2D eigenvalue weighted by Crippen LogP contribution is -2.38. The summed E-state index contributed by atoms with van der Waals surface area (Å²) in [4.78, 5) is 15.8. The predicted octanol–water partition coefficient (Wildman–Crippen LogP) is 3.50. The van der Waals surface area contributed by atoms with E-state index in [2.05, 4.69) is 56.7 Å². The number of aliphatic imine (C=N–C) groups is 1. The Balaban J connectivity index is 0.00000300. The summed E-state index contributed by atoms with van der Waals surface area (Å²) in [5, 5.41) is 7.92. The molecule has 0 bridgehead atoms. The van der Waals surface area contributed by atoms with Crippen molar-refractivity contribution in [3.8, 4) is 0 Å². The van der Waals surface area contributed by atoms with E-state index >= 15 is 0 Å². The van der Waals surface area contributed by atoms with Gasteiger partial charge in [-0.15, -0.1) is 24.0 Å². The zero-order valence-electron chi connectivity index (χ0n) is 16.6. The van der Waals surface area contributed by atoms with Crippen LogP contribution in [0.4, 0.5) is 0 Å². The topological polar surface area (TPSA) is 84.4 Å². The van der Waals surface area contributed by atoms with Gasteiger partial charge >= 0.3 is 0 Å². The second-order valence-corrected chi connectivity index (χ2v) is 6.60. The number of benzene rings is 2. The van der Waals surface area contributed by atoms with Crippen LogP contribution in [0.3, 0.4) is 0 Å². The summed E-state index contributed by atoms with van der Waals surface area (Å²) >= 11 is 0. The molecular weight excluding hydrogens is 477 g/mol. The minimum absolute atomic E-state index is 0. The average molecular weight is 505 g/mol. The number of carbonyl (C=O) groups is 1. The smallest absolute Gasteiger partial charge is 0.248 e. The van der Waals surface area contributed by atoms with Crippen LogP contribution < -0.4 is 16.4 Å². The van der Waals surface area contributed by atoms with Gasteiger partial charge in [0.15, 0.2) is 5.96 Å². The summed E-state index contributed by atoms with van der Waals surface area (Å²) in [6.45, 7) is 5.17. The number of guanidine groups is 1. The molecule has 0 aliphatic rings. The van der Waals surface area contributed by atoms with Gasteiger partial charge in [0, 0.05) is 36.9 Å². The number of hydrogen-bond donors (Lipinski definition) is 3. The molecule has 4 N–H and O–H groups in total. The molecule has 154 valence electrons. The Morgan fingerprint density at radius 2 is 1.83 bits per heavy atom. The summed E-state index contributed by atoms with van der Waals surface area (Å²) in [5.41, 5.74) is 8.08. The molecule has 0 unspecified atom stereocenters. The van der Waals surface area contributed by atoms with E-state index in [1.54, 1.807) is 12.1 Å². The number of nitrogens with one attached hydrogen (secondary N) is 2. The first-order valence-corrected chi connectivity index (χ1v) is 9.62. The van der Waals surface area contributed by atoms with Crippen LogP contribution in [-0.4, -0.2) is 29.5 Å². The van der Waals surface area contributed by atoms with Crippen LogP contribution >= 0.6 is 24.0 Å². The van der Waals surface area contributed by atoms with E-state index < -0.39 is 5.91 Å². The third-order valence-corrected chi connectivity index (χ3v) is 4.55. The average Bonchev–Trinajstić information content (AvgIpc) is 3.12. The molecule has 0 atom stereocenters. The maximum atomic E-state index is 11.1. The molecule has 29 heavy (non-hydrogen) atoms. The van der Waals surface area contributed by atoms with Crippen molar-refractivity contribution in [2.24, 2.45) is 10.7 Å². The Hall–Kier alpha value is -2.55. The summed E-state index contributed by atoms with van der Waals surface area (Å²) in [6, 6.07) is 17.8. The minimum Gasteiger partial charge on any atom is -0.366 e. The molecule has 0 fully saturated rings. The first kappa shape index (κ1) is 22.7. The fourth-order valence-corrected chi connectivity index (χ4v) is 3.08. The number of hydrogen-bond acceptors (Lipinski definition) is 2. The fraction of sp³-hybridized carbons (Fsp3) is 0.273. The normalized spacial score (nSPS) is 11.1. The molecule has 3 rings (SSSR count). The number of nitrogens with zero attached hydrogens (tertiary/aromatic N) is 2. The third-order valence-electron chi connectivity index (χ3n) is 4.55. The molecule has 2 aromatic carbocycles. The van der Waals surface area contributed by atoms with Gasteiger partial charge in [-0.05, 0) is 48.6 Å². The highest BCUT2D eigenvalue weighted by Crippen LogP contribution is 2.15. The monoisotopic (exact) mass is 505 g/mol. The van der Waals surface area contributed by atoms with Gasteiger partial charge in [0.1, 0.15) is 0 Å².